The van der Waals surface area contributed by atoms with Gasteiger partial charge in [0.1, 0.15) is 11.4 Å². The monoisotopic (exact) mass is 341 g/mol. The van der Waals surface area contributed by atoms with Gasteiger partial charge in [0.2, 0.25) is 5.88 Å². The number of ether oxygens (including phenoxy) is 1. The molecule has 3 heterocycles. The highest BCUT2D eigenvalue weighted by molar-refractivity contribution is 5.96. The van der Waals surface area contributed by atoms with Crippen LogP contribution in [0.1, 0.15) is 15.9 Å². The van der Waals surface area contributed by atoms with Crippen LogP contribution in [0, 0.1) is 0 Å². The van der Waals surface area contributed by atoms with Gasteiger partial charge in [0.15, 0.2) is 0 Å². The van der Waals surface area contributed by atoms with E-state index in [1.165, 1.54) is 7.11 Å². The summed E-state index contributed by atoms with van der Waals surface area (Å²) >= 11 is 0. The van der Waals surface area contributed by atoms with E-state index < -0.39 is 0 Å². The number of carbonyl (C=O) groups excluding carboxylic acids is 1. The van der Waals surface area contributed by atoms with Crippen molar-refractivity contribution in [3.8, 4) is 5.88 Å². The Bertz CT molecular complexity index is 729. The minimum atomic E-state index is -0.206. The summed E-state index contributed by atoms with van der Waals surface area (Å²) in [5.74, 6) is 1.08. The van der Waals surface area contributed by atoms with Gasteiger partial charge in [-0.05, 0) is 36.9 Å². The zero-order valence-corrected chi connectivity index (χ0v) is 14.6. The average molecular weight is 341 g/mol. The van der Waals surface area contributed by atoms with Crippen LogP contribution in [0.5, 0.6) is 5.88 Å². The summed E-state index contributed by atoms with van der Waals surface area (Å²) in [5.41, 5.74) is 1.44. The van der Waals surface area contributed by atoms with Crippen LogP contribution in [0.4, 0.5) is 5.82 Å². The lowest BCUT2D eigenvalue weighted by atomic mass is 10.2. The second-order valence-electron chi connectivity index (χ2n) is 6.06. The molecular formula is C18H23N5O2. The normalized spacial score (nSPS) is 15.0. The van der Waals surface area contributed by atoms with E-state index in [4.69, 9.17) is 4.74 Å². The molecule has 2 aromatic rings. The van der Waals surface area contributed by atoms with Crippen LogP contribution in [0.2, 0.25) is 0 Å². The van der Waals surface area contributed by atoms with E-state index in [2.05, 4.69) is 32.1 Å². The van der Waals surface area contributed by atoms with E-state index in [-0.39, 0.29) is 5.91 Å². The summed E-state index contributed by atoms with van der Waals surface area (Å²) in [7, 11) is 3.63. The Balaban J connectivity index is 1.63. The van der Waals surface area contributed by atoms with E-state index in [0.717, 1.165) is 37.6 Å². The molecule has 132 valence electrons. The number of piperazine rings is 1. The van der Waals surface area contributed by atoms with Gasteiger partial charge in [0.25, 0.3) is 5.91 Å². The van der Waals surface area contributed by atoms with Crippen LogP contribution in [0.25, 0.3) is 0 Å². The first-order valence-electron chi connectivity index (χ1n) is 8.33. The zero-order chi connectivity index (χ0) is 17.6. The first kappa shape index (κ1) is 17.2. The standard InChI is InChI=1S/C18H23N5O2/c1-22-8-10-23(11-9-22)16-12-14(5-7-19-16)13-21-17(24)15-4-3-6-20-18(15)25-2/h3-7,12H,8-11,13H2,1-2H3,(H,21,24). The number of pyridine rings is 2. The van der Waals surface area contributed by atoms with Crippen LogP contribution in [0.15, 0.2) is 36.7 Å². The second-order valence-corrected chi connectivity index (χ2v) is 6.06. The molecule has 1 N–H and O–H groups in total. The molecule has 1 aliphatic heterocycles. The minimum absolute atomic E-state index is 0.206. The maximum Gasteiger partial charge on any atom is 0.257 e. The SMILES string of the molecule is COc1ncccc1C(=O)NCc1ccnc(N2CCN(C)CC2)c1. The topological polar surface area (TPSA) is 70.6 Å². The van der Waals surface area contributed by atoms with Crippen LogP contribution < -0.4 is 15.0 Å². The molecule has 1 saturated heterocycles. The first-order chi connectivity index (χ1) is 12.2. The fraction of sp³-hybridized carbons (Fsp3) is 0.389. The minimum Gasteiger partial charge on any atom is -0.480 e. The summed E-state index contributed by atoms with van der Waals surface area (Å²) in [6.45, 7) is 4.42. The van der Waals surface area contributed by atoms with Crippen molar-refractivity contribution >= 4 is 11.7 Å². The fourth-order valence-corrected chi connectivity index (χ4v) is 2.78. The van der Waals surface area contributed by atoms with Gasteiger partial charge in [-0.1, -0.05) is 0 Å². The highest BCUT2D eigenvalue weighted by atomic mass is 16.5. The molecule has 2 aromatic heterocycles. The van der Waals surface area contributed by atoms with E-state index in [0.29, 0.717) is 18.0 Å². The quantitative estimate of drug-likeness (QED) is 0.880. The third-order valence-corrected chi connectivity index (χ3v) is 4.30. The van der Waals surface area contributed by atoms with Crippen molar-refractivity contribution in [3.63, 3.8) is 0 Å². The Labute approximate surface area is 147 Å². The first-order valence-corrected chi connectivity index (χ1v) is 8.33. The molecule has 0 aliphatic carbocycles. The molecule has 25 heavy (non-hydrogen) atoms. The molecule has 0 unspecified atom stereocenters. The lowest BCUT2D eigenvalue weighted by molar-refractivity contribution is 0.0947. The number of likely N-dealkylation sites (N-methyl/N-ethyl adjacent to an activating group) is 1. The van der Waals surface area contributed by atoms with Crippen LogP contribution in [0.3, 0.4) is 0 Å². The fourth-order valence-electron chi connectivity index (χ4n) is 2.78. The van der Waals surface area contributed by atoms with Gasteiger partial charge in [0.05, 0.1) is 7.11 Å². The molecule has 7 nitrogen and oxygen atoms in total. The van der Waals surface area contributed by atoms with Crippen molar-refractivity contribution in [2.24, 2.45) is 0 Å². The predicted molar refractivity (Wildman–Crippen MR) is 95.9 cm³/mol. The Kier molecular flexibility index (Phi) is 5.45. The van der Waals surface area contributed by atoms with Crippen molar-refractivity contribution in [1.82, 2.24) is 20.2 Å². The van der Waals surface area contributed by atoms with Gasteiger partial charge in [-0.3, -0.25) is 4.79 Å². The molecular weight excluding hydrogens is 318 g/mol. The molecule has 1 fully saturated rings. The highest BCUT2D eigenvalue weighted by Gasteiger charge is 2.16. The lowest BCUT2D eigenvalue weighted by Gasteiger charge is -2.33. The Hall–Kier alpha value is -2.67. The van der Waals surface area contributed by atoms with Crippen molar-refractivity contribution < 1.29 is 9.53 Å². The number of methoxy groups -OCH3 is 1. The average Bonchev–Trinajstić information content (AvgIpc) is 2.67. The number of hydrogen-bond acceptors (Lipinski definition) is 6. The van der Waals surface area contributed by atoms with Gasteiger partial charge in [-0.15, -0.1) is 0 Å². The van der Waals surface area contributed by atoms with E-state index in [9.17, 15) is 4.79 Å². The zero-order valence-electron chi connectivity index (χ0n) is 14.6. The molecule has 0 aromatic carbocycles. The molecule has 1 aliphatic rings. The van der Waals surface area contributed by atoms with Crippen LogP contribution in [-0.2, 0) is 6.54 Å². The number of hydrogen-bond donors (Lipinski definition) is 1. The number of amides is 1. The molecule has 0 spiro atoms. The number of anilines is 1. The Morgan fingerprint density at radius 2 is 2.00 bits per heavy atom. The Morgan fingerprint density at radius 1 is 1.20 bits per heavy atom. The van der Waals surface area contributed by atoms with Crippen LogP contribution >= 0.6 is 0 Å². The number of aromatic nitrogens is 2. The molecule has 3 rings (SSSR count). The summed E-state index contributed by atoms with van der Waals surface area (Å²) in [4.78, 5) is 25.5. The van der Waals surface area contributed by atoms with Crippen LogP contribution in [-0.4, -0.2) is 61.1 Å². The summed E-state index contributed by atoms with van der Waals surface area (Å²) in [6, 6.07) is 7.37. The van der Waals surface area contributed by atoms with E-state index in [1.54, 1.807) is 24.5 Å². The smallest absolute Gasteiger partial charge is 0.257 e. The summed E-state index contributed by atoms with van der Waals surface area (Å²) in [6.07, 6.45) is 3.39. The Morgan fingerprint density at radius 3 is 2.76 bits per heavy atom. The molecule has 7 heteroatoms. The largest absolute Gasteiger partial charge is 0.480 e. The van der Waals surface area contributed by atoms with Crippen molar-refractivity contribution in [1.29, 1.82) is 0 Å². The third-order valence-electron chi connectivity index (χ3n) is 4.30. The molecule has 0 bridgehead atoms. The lowest BCUT2D eigenvalue weighted by Crippen LogP contribution is -2.44. The van der Waals surface area contributed by atoms with Gasteiger partial charge in [-0.25, -0.2) is 9.97 Å². The van der Waals surface area contributed by atoms with E-state index >= 15 is 0 Å². The maximum atomic E-state index is 12.4. The molecule has 0 saturated carbocycles. The molecule has 0 radical (unpaired) electrons. The number of nitrogens with one attached hydrogen (secondary N) is 1. The van der Waals surface area contributed by atoms with Crippen molar-refractivity contribution in [2.45, 2.75) is 6.54 Å². The number of rotatable bonds is 5. The third kappa shape index (κ3) is 4.24. The van der Waals surface area contributed by atoms with Gasteiger partial charge in [0, 0.05) is 45.1 Å². The van der Waals surface area contributed by atoms with Gasteiger partial charge < -0.3 is 19.9 Å². The van der Waals surface area contributed by atoms with Gasteiger partial charge in [-0.2, -0.15) is 0 Å². The van der Waals surface area contributed by atoms with E-state index in [1.807, 2.05) is 12.1 Å². The maximum absolute atomic E-state index is 12.4. The number of nitrogens with zero attached hydrogens (tertiary/aromatic N) is 4. The van der Waals surface area contributed by atoms with Crippen molar-refractivity contribution in [2.75, 3.05) is 45.2 Å². The van der Waals surface area contributed by atoms with Gasteiger partial charge >= 0.3 is 0 Å². The highest BCUT2D eigenvalue weighted by Crippen LogP contribution is 2.16. The molecule has 0 atom stereocenters. The second kappa shape index (κ2) is 7.94. The molecule has 1 amide bonds. The summed E-state index contributed by atoms with van der Waals surface area (Å²) in [5, 5.41) is 2.91. The summed E-state index contributed by atoms with van der Waals surface area (Å²) < 4.78 is 5.13. The van der Waals surface area contributed by atoms with Crippen molar-refractivity contribution in [3.05, 3.63) is 47.8 Å². The predicted octanol–water partition coefficient (Wildman–Crippen LogP) is 1.17. The number of carbonyl (C=O) groups is 1.